The number of carbonyl (C=O) groups excluding carboxylic acids is 1. The van der Waals surface area contributed by atoms with Crippen molar-refractivity contribution in [2.45, 2.75) is 19.1 Å². The number of imidazole rings is 1. The number of aromatic nitrogens is 2. The highest BCUT2D eigenvalue weighted by atomic mass is 19.3. The summed E-state index contributed by atoms with van der Waals surface area (Å²) in [6.07, 6.45) is 3.87. The number of aromatic amines is 1. The SMILES string of the molecule is O=C(NC(Cc1ncc[nH]1)c1ccccc1)c1ccc(OC(F)F)cc1. The van der Waals surface area contributed by atoms with Gasteiger partial charge in [-0.05, 0) is 29.8 Å². The van der Waals surface area contributed by atoms with E-state index < -0.39 is 6.61 Å². The van der Waals surface area contributed by atoms with Crippen LogP contribution in [0, 0.1) is 0 Å². The first-order chi connectivity index (χ1) is 12.6. The van der Waals surface area contributed by atoms with E-state index in [1.54, 1.807) is 12.4 Å². The fourth-order valence-corrected chi connectivity index (χ4v) is 2.57. The molecule has 1 amide bonds. The van der Waals surface area contributed by atoms with Gasteiger partial charge in [-0.15, -0.1) is 0 Å². The molecule has 1 heterocycles. The number of halogens is 2. The minimum atomic E-state index is -2.90. The number of hydrogen-bond donors (Lipinski definition) is 2. The molecular weight excluding hydrogens is 340 g/mol. The number of carbonyl (C=O) groups is 1. The molecule has 26 heavy (non-hydrogen) atoms. The van der Waals surface area contributed by atoms with Crippen molar-refractivity contribution in [3.05, 3.63) is 83.9 Å². The van der Waals surface area contributed by atoms with Gasteiger partial charge in [0.15, 0.2) is 0 Å². The molecule has 5 nitrogen and oxygen atoms in total. The molecule has 0 radical (unpaired) electrons. The van der Waals surface area contributed by atoms with Crippen molar-refractivity contribution in [1.29, 1.82) is 0 Å². The summed E-state index contributed by atoms with van der Waals surface area (Å²) in [7, 11) is 0. The van der Waals surface area contributed by atoms with Gasteiger partial charge in [-0.1, -0.05) is 30.3 Å². The van der Waals surface area contributed by atoms with Crippen molar-refractivity contribution in [2.75, 3.05) is 0 Å². The molecule has 3 aromatic rings. The highest BCUT2D eigenvalue weighted by Gasteiger charge is 2.17. The average Bonchev–Trinajstić information content (AvgIpc) is 3.15. The molecule has 3 rings (SSSR count). The Hall–Kier alpha value is -3.22. The highest BCUT2D eigenvalue weighted by molar-refractivity contribution is 5.94. The third-order valence-corrected chi connectivity index (χ3v) is 3.80. The van der Waals surface area contributed by atoms with Crippen molar-refractivity contribution < 1.29 is 18.3 Å². The van der Waals surface area contributed by atoms with E-state index in [1.165, 1.54) is 24.3 Å². The van der Waals surface area contributed by atoms with Crippen LogP contribution in [0.3, 0.4) is 0 Å². The number of amides is 1. The van der Waals surface area contributed by atoms with Crippen molar-refractivity contribution in [3.8, 4) is 5.75 Å². The van der Waals surface area contributed by atoms with Crippen LogP contribution in [-0.4, -0.2) is 22.5 Å². The first-order valence-corrected chi connectivity index (χ1v) is 8.01. The average molecular weight is 357 g/mol. The zero-order valence-corrected chi connectivity index (χ0v) is 13.7. The Kier molecular flexibility index (Phi) is 5.58. The Labute approximate surface area is 149 Å². The van der Waals surface area contributed by atoms with Gasteiger partial charge in [0.05, 0.1) is 6.04 Å². The standard InChI is InChI=1S/C19H17F2N3O2/c20-19(21)26-15-8-6-14(7-9-15)18(25)24-16(12-17-22-10-11-23-17)13-4-2-1-3-5-13/h1-11,16,19H,12H2,(H,22,23)(H,24,25). The summed E-state index contributed by atoms with van der Waals surface area (Å²) < 4.78 is 28.7. The lowest BCUT2D eigenvalue weighted by atomic mass is 10.0. The van der Waals surface area contributed by atoms with Crippen LogP contribution in [0.4, 0.5) is 8.78 Å². The summed E-state index contributed by atoms with van der Waals surface area (Å²) in [5.74, 6) is 0.445. The van der Waals surface area contributed by atoms with Crippen LogP contribution in [0.5, 0.6) is 5.75 Å². The summed E-state index contributed by atoms with van der Waals surface area (Å²) in [4.78, 5) is 19.8. The predicted octanol–water partition coefficient (Wildman–Crippen LogP) is 3.72. The van der Waals surface area contributed by atoms with E-state index in [0.717, 1.165) is 11.4 Å². The summed E-state index contributed by atoms with van der Waals surface area (Å²) in [6, 6.07) is 14.8. The molecule has 1 aromatic heterocycles. The molecule has 0 aliphatic rings. The number of hydrogen-bond acceptors (Lipinski definition) is 3. The van der Waals surface area contributed by atoms with Gasteiger partial charge in [-0.25, -0.2) is 4.98 Å². The molecule has 0 saturated heterocycles. The number of rotatable bonds is 7. The maximum atomic E-state index is 12.6. The minimum absolute atomic E-state index is 0.00625. The topological polar surface area (TPSA) is 67.0 Å². The molecule has 134 valence electrons. The van der Waals surface area contributed by atoms with Gasteiger partial charge in [-0.2, -0.15) is 8.78 Å². The van der Waals surface area contributed by atoms with Crippen LogP contribution in [0.1, 0.15) is 27.8 Å². The smallest absolute Gasteiger partial charge is 0.387 e. The van der Waals surface area contributed by atoms with Gasteiger partial charge in [0.25, 0.3) is 5.91 Å². The van der Waals surface area contributed by atoms with E-state index in [4.69, 9.17) is 0 Å². The number of benzene rings is 2. The second-order valence-electron chi connectivity index (χ2n) is 5.58. The summed E-state index contributed by atoms with van der Waals surface area (Å²) in [6.45, 7) is -2.90. The van der Waals surface area contributed by atoms with Crippen LogP contribution >= 0.6 is 0 Å². The van der Waals surface area contributed by atoms with Gasteiger partial charge in [0, 0.05) is 24.4 Å². The third-order valence-electron chi connectivity index (χ3n) is 3.80. The van der Waals surface area contributed by atoms with Crippen LogP contribution in [0.2, 0.25) is 0 Å². The zero-order valence-electron chi connectivity index (χ0n) is 13.7. The fraction of sp³-hybridized carbons (Fsp3) is 0.158. The van der Waals surface area contributed by atoms with Crippen molar-refractivity contribution in [3.63, 3.8) is 0 Å². The van der Waals surface area contributed by atoms with E-state index in [9.17, 15) is 13.6 Å². The molecule has 0 fully saturated rings. The van der Waals surface area contributed by atoms with Crippen LogP contribution in [-0.2, 0) is 6.42 Å². The molecule has 0 aliphatic heterocycles. The number of nitrogens with zero attached hydrogens (tertiary/aromatic N) is 1. The van der Waals surface area contributed by atoms with Crippen LogP contribution in [0.15, 0.2) is 67.0 Å². The molecule has 0 saturated carbocycles. The third kappa shape index (κ3) is 4.66. The highest BCUT2D eigenvalue weighted by Crippen LogP contribution is 2.19. The number of ether oxygens (including phenoxy) is 1. The first-order valence-electron chi connectivity index (χ1n) is 8.01. The molecule has 1 atom stereocenters. The van der Waals surface area contributed by atoms with E-state index in [-0.39, 0.29) is 17.7 Å². The Morgan fingerprint density at radius 2 is 1.85 bits per heavy atom. The van der Waals surface area contributed by atoms with Gasteiger partial charge >= 0.3 is 6.61 Å². The Balaban J connectivity index is 1.74. The minimum Gasteiger partial charge on any atom is -0.435 e. The lowest BCUT2D eigenvalue weighted by Gasteiger charge is -2.18. The summed E-state index contributed by atoms with van der Waals surface area (Å²) in [5, 5.41) is 2.96. The van der Waals surface area contributed by atoms with E-state index >= 15 is 0 Å². The van der Waals surface area contributed by atoms with Gasteiger partial charge < -0.3 is 15.0 Å². The molecule has 7 heteroatoms. The molecule has 2 N–H and O–H groups in total. The molecule has 0 aliphatic carbocycles. The number of nitrogens with one attached hydrogen (secondary N) is 2. The molecule has 1 unspecified atom stereocenters. The molecule has 2 aromatic carbocycles. The molecular formula is C19H17F2N3O2. The van der Waals surface area contributed by atoms with E-state index in [2.05, 4.69) is 20.0 Å². The lowest BCUT2D eigenvalue weighted by molar-refractivity contribution is -0.0498. The maximum Gasteiger partial charge on any atom is 0.387 e. The van der Waals surface area contributed by atoms with Crippen LogP contribution in [0.25, 0.3) is 0 Å². The quantitative estimate of drug-likeness (QED) is 0.677. The Bertz CT molecular complexity index is 822. The Morgan fingerprint density at radius 1 is 1.12 bits per heavy atom. The van der Waals surface area contributed by atoms with Crippen LogP contribution < -0.4 is 10.1 Å². The van der Waals surface area contributed by atoms with Crippen molar-refractivity contribution in [2.24, 2.45) is 0 Å². The Morgan fingerprint density at radius 3 is 2.46 bits per heavy atom. The first kappa shape index (κ1) is 17.6. The second-order valence-corrected chi connectivity index (χ2v) is 5.58. The summed E-state index contributed by atoms with van der Waals surface area (Å²) in [5.41, 5.74) is 1.29. The van der Waals surface area contributed by atoms with Gasteiger partial charge in [-0.3, -0.25) is 4.79 Å². The van der Waals surface area contributed by atoms with Gasteiger partial charge in [0.1, 0.15) is 11.6 Å². The van der Waals surface area contributed by atoms with E-state index in [1.807, 2.05) is 30.3 Å². The monoisotopic (exact) mass is 357 g/mol. The number of H-pyrrole nitrogens is 1. The predicted molar refractivity (Wildman–Crippen MR) is 92.0 cm³/mol. The zero-order chi connectivity index (χ0) is 18.4. The summed E-state index contributed by atoms with van der Waals surface area (Å²) >= 11 is 0. The largest absolute Gasteiger partial charge is 0.435 e. The molecule has 0 bridgehead atoms. The lowest BCUT2D eigenvalue weighted by Crippen LogP contribution is -2.30. The van der Waals surface area contributed by atoms with Crippen molar-refractivity contribution >= 4 is 5.91 Å². The fourth-order valence-electron chi connectivity index (χ4n) is 2.57. The molecule has 0 spiro atoms. The second kappa shape index (κ2) is 8.24. The van der Waals surface area contributed by atoms with Gasteiger partial charge in [0.2, 0.25) is 0 Å². The van der Waals surface area contributed by atoms with Crippen molar-refractivity contribution in [1.82, 2.24) is 15.3 Å². The maximum absolute atomic E-state index is 12.6. The number of alkyl halides is 2. The normalized spacial score (nSPS) is 12.0. The van der Waals surface area contributed by atoms with E-state index in [0.29, 0.717) is 12.0 Å².